The van der Waals surface area contributed by atoms with Gasteiger partial charge in [0.15, 0.2) is 0 Å². The van der Waals surface area contributed by atoms with Gasteiger partial charge in [0.1, 0.15) is 17.1 Å². The summed E-state index contributed by atoms with van der Waals surface area (Å²) in [5.41, 5.74) is 1.89. The highest BCUT2D eigenvalue weighted by molar-refractivity contribution is 5.95. The van der Waals surface area contributed by atoms with Gasteiger partial charge in [-0.2, -0.15) is 0 Å². The van der Waals surface area contributed by atoms with E-state index in [2.05, 4.69) is 27.1 Å². The molecule has 0 aliphatic carbocycles. The van der Waals surface area contributed by atoms with Gasteiger partial charge in [-0.1, -0.05) is 17.3 Å². The Bertz CT molecular complexity index is 839. The van der Waals surface area contributed by atoms with E-state index < -0.39 is 0 Å². The standard InChI is InChI=1S/C21H25N3O3/c1-13-17(11-22-27-13)21(25)24-12-18(14-3-5-16(26-2)6-4-14)20-19(24)15-7-9-23(20)10-8-15/h3-6,11,15,18-20H,7-10,12H2,1-2H3/t18-,19+,20+/m1/s1. The lowest BCUT2D eigenvalue weighted by atomic mass is 9.75. The Balaban J connectivity index is 1.51. The van der Waals surface area contributed by atoms with Crippen LogP contribution in [0, 0.1) is 12.8 Å². The first-order valence-electron chi connectivity index (χ1n) is 9.77. The number of methoxy groups -OCH3 is 1. The molecule has 6 rings (SSSR count). The number of hydrogen-bond acceptors (Lipinski definition) is 5. The van der Waals surface area contributed by atoms with Gasteiger partial charge in [0.2, 0.25) is 0 Å². The number of benzene rings is 1. The molecular weight excluding hydrogens is 342 g/mol. The lowest BCUT2D eigenvalue weighted by molar-refractivity contribution is -0.00345. The van der Waals surface area contributed by atoms with Gasteiger partial charge < -0.3 is 14.2 Å². The van der Waals surface area contributed by atoms with Gasteiger partial charge in [-0.05, 0) is 56.5 Å². The molecule has 6 nitrogen and oxygen atoms in total. The Labute approximate surface area is 159 Å². The number of carbonyl (C=O) groups excluding carboxylic acids is 1. The molecule has 1 aromatic carbocycles. The number of nitrogens with zero attached hydrogens (tertiary/aromatic N) is 3. The third-order valence-electron chi connectivity index (χ3n) is 6.78. The summed E-state index contributed by atoms with van der Waals surface area (Å²) in [6.45, 7) is 4.85. The summed E-state index contributed by atoms with van der Waals surface area (Å²) in [6.07, 6.45) is 3.93. The average molecular weight is 367 g/mol. The molecular formula is C21H25N3O3. The summed E-state index contributed by atoms with van der Waals surface area (Å²) in [5, 5.41) is 3.82. The fourth-order valence-electron chi connectivity index (χ4n) is 5.46. The highest BCUT2D eigenvalue weighted by atomic mass is 16.5. The topological polar surface area (TPSA) is 58.8 Å². The van der Waals surface area contributed by atoms with Crippen molar-refractivity contribution in [2.45, 2.75) is 37.8 Å². The van der Waals surface area contributed by atoms with Crippen molar-refractivity contribution in [3.8, 4) is 5.75 Å². The third kappa shape index (κ3) is 2.57. The van der Waals surface area contributed by atoms with Crippen LogP contribution in [0.1, 0.15) is 40.4 Å². The quantitative estimate of drug-likeness (QED) is 0.835. The van der Waals surface area contributed by atoms with Gasteiger partial charge in [0.05, 0.1) is 19.3 Å². The second kappa shape index (κ2) is 6.37. The summed E-state index contributed by atoms with van der Waals surface area (Å²) >= 11 is 0. The fourth-order valence-corrected chi connectivity index (χ4v) is 5.46. The van der Waals surface area contributed by atoms with E-state index >= 15 is 0 Å². The Morgan fingerprint density at radius 1 is 1.19 bits per heavy atom. The molecule has 0 N–H and O–H groups in total. The Morgan fingerprint density at radius 3 is 2.56 bits per heavy atom. The highest BCUT2D eigenvalue weighted by Gasteiger charge is 2.54. The number of fused-ring (bicyclic) bond motifs is 2. The molecule has 0 radical (unpaired) electrons. The molecule has 4 fully saturated rings. The molecule has 27 heavy (non-hydrogen) atoms. The number of piperidine rings is 3. The van der Waals surface area contributed by atoms with E-state index in [1.54, 1.807) is 13.3 Å². The van der Waals surface area contributed by atoms with Crippen LogP contribution in [-0.2, 0) is 0 Å². The van der Waals surface area contributed by atoms with Crippen molar-refractivity contribution in [1.29, 1.82) is 0 Å². The first-order chi connectivity index (χ1) is 13.2. The normalized spacial score (nSPS) is 31.8. The van der Waals surface area contributed by atoms with Crippen LogP contribution >= 0.6 is 0 Å². The predicted octanol–water partition coefficient (Wildman–Crippen LogP) is 2.69. The highest BCUT2D eigenvalue weighted by Crippen LogP contribution is 2.47. The summed E-state index contributed by atoms with van der Waals surface area (Å²) in [5.74, 6) is 2.45. The maximum atomic E-state index is 13.3. The molecule has 0 spiro atoms. The molecule has 0 unspecified atom stereocenters. The lowest BCUT2D eigenvalue weighted by Gasteiger charge is -2.51. The number of aryl methyl sites for hydroxylation is 1. The lowest BCUT2D eigenvalue weighted by Crippen LogP contribution is -2.60. The summed E-state index contributed by atoms with van der Waals surface area (Å²) in [6, 6.07) is 9.03. The van der Waals surface area contributed by atoms with Crippen molar-refractivity contribution < 1.29 is 14.1 Å². The van der Waals surface area contributed by atoms with Crippen LogP contribution in [0.15, 0.2) is 35.0 Å². The van der Waals surface area contributed by atoms with Crippen molar-refractivity contribution in [2.75, 3.05) is 26.7 Å². The maximum absolute atomic E-state index is 13.3. The molecule has 1 amide bonds. The van der Waals surface area contributed by atoms with Gasteiger partial charge in [-0.25, -0.2) is 0 Å². The van der Waals surface area contributed by atoms with E-state index in [4.69, 9.17) is 9.26 Å². The number of aromatic nitrogens is 1. The van der Waals surface area contributed by atoms with E-state index in [-0.39, 0.29) is 11.9 Å². The number of likely N-dealkylation sites (tertiary alicyclic amines) is 1. The van der Waals surface area contributed by atoms with Crippen molar-refractivity contribution in [3.05, 3.63) is 47.3 Å². The molecule has 5 heterocycles. The first-order valence-corrected chi connectivity index (χ1v) is 9.77. The van der Waals surface area contributed by atoms with Gasteiger partial charge >= 0.3 is 0 Å². The molecule has 6 heteroatoms. The van der Waals surface area contributed by atoms with Crippen molar-refractivity contribution in [2.24, 2.45) is 5.92 Å². The Hall–Kier alpha value is -2.34. The maximum Gasteiger partial charge on any atom is 0.259 e. The fraction of sp³-hybridized carbons (Fsp3) is 0.524. The number of carbonyl (C=O) groups is 1. The van der Waals surface area contributed by atoms with Crippen molar-refractivity contribution >= 4 is 5.91 Å². The molecule has 2 aromatic rings. The summed E-state index contributed by atoms with van der Waals surface area (Å²) < 4.78 is 10.5. The van der Waals surface area contributed by atoms with Crippen LogP contribution in [0.25, 0.3) is 0 Å². The average Bonchev–Trinajstić information content (AvgIpc) is 3.34. The van der Waals surface area contributed by atoms with E-state index in [9.17, 15) is 4.79 Å². The molecule has 2 bridgehead atoms. The molecule has 142 valence electrons. The Kier molecular flexibility index (Phi) is 3.97. The van der Waals surface area contributed by atoms with Crippen LogP contribution < -0.4 is 4.74 Å². The van der Waals surface area contributed by atoms with Crippen LogP contribution in [0.2, 0.25) is 0 Å². The zero-order valence-electron chi connectivity index (χ0n) is 15.8. The molecule has 4 aliphatic rings. The minimum absolute atomic E-state index is 0.0634. The van der Waals surface area contributed by atoms with Crippen LogP contribution in [0.5, 0.6) is 5.75 Å². The SMILES string of the molecule is COc1ccc([C@H]2CN(C(=O)c3cnoc3C)[C@H]3C4CCN(CC4)[C@@H]23)cc1. The van der Waals surface area contributed by atoms with E-state index in [0.717, 1.165) is 25.4 Å². The van der Waals surface area contributed by atoms with E-state index in [0.29, 0.717) is 29.2 Å². The summed E-state index contributed by atoms with van der Waals surface area (Å²) in [4.78, 5) is 18.0. The predicted molar refractivity (Wildman–Crippen MR) is 99.9 cm³/mol. The largest absolute Gasteiger partial charge is 0.497 e. The molecule has 3 atom stereocenters. The smallest absolute Gasteiger partial charge is 0.259 e. The third-order valence-corrected chi connectivity index (χ3v) is 6.78. The minimum Gasteiger partial charge on any atom is -0.497 e. The molecule has 0 saturated carbocycles. The minimum atomic E-state index is 0.0634. The van der Waals surface area contributed by atoms with Crippen LogP contribution in [0.3, 0.4) is 0 Å². The van der Waals surface area contributed by atoms with Crippen LogP contribution in [0.4, 0.5) is 0 Å². The number of amides is 1. The molecule has 4 saturated heterocycles. The zero-order valence-corrected chi connectivity index (χ0v) is 15.8. The van der Waals surface area contributed by atoms with E-state index in [1.807, 2.05) is 19.1 Å². The van der Waals surface area contributed by atoms with Gasteiger partial charge in [-0.15, -0.1) is 0 Å². The first kappa shape index (κ1) is 16.8. The number of ether oxygens (including phenoxy) is 1. The van der Waals surface area contributed by atoms with Gasteiger partial charge in [0.25, 0.3) is 5.91 Å². The number of rotatable bonds is 3. The molecule has 1 aromatic heterocycles. The van der Waals surface area contributed by atoms with Gasteiger partial charge in [-0.3, -0.25) is 9.69 Å². The second-order valence-corrected chi connectivity index (χ2v) is 7.99. The monoisotopic (exact) mass is 367 g/mol. The zero-order chi connectivity index (χ0) is 18.5. The number of hydrogen-bond donors (Lipinski definition) is 0. The molecule has 4 aliphatic heterocycles. The van der Waals surface area contributed by atoms with Crippen molar-refractivity contribution in [3.63, 3.8) is 0 Å². The summed E-state index contributed by atoms with van der Waals surface area (Å²) in [7, 11) is 1.69. The second-order valence-electron chi connectivity index (χ2n) is 7.99. The van der Waals surface area contributed by atoms with Crippen molar-refractivity contribution in [1.82, 2.24) is 15.0 Å². The van der Waals surface area contributed by atoms with Gasteiger partial charge in [0, 0.05) is 18.5 Å². The van der Waals surface area contributed by atoms with Crippen LogP contribution in [-0.4, -0.2) is 59.7 Å². The Morgan fingerprint density at radius 2 is 1.93 bits per heavy atom. The van der Waals surface area contributed by atoms with E-state index in [1.165, 1.54) is 18.4 Å².